The molecule has 1 fully saturated rings. The molecule has 0 aromatic heterocycles. The minimum absolute atomic E-state index is 0.155. The highest BCUT2D eigenvalue weighted by Crippen LogP contribution is 2.35. The Balaban J connectivity index is 2.56. The molecule has 0 radical (unpaired) electrons. The largest absolute Gasteiger partial charge is 0.479 e. The summed E-state index contributed by atoms with van der Waals surface area (Å²) in [6, 6.07) is 0. The van der Waals surface area contributed by atoms with Crippen LogP contribution in [0.2, 0.25) is 0 Å². The lowest BCUT2D eigenvalue weighted by Gasteiger charge is -2.36. The molecule has 0 spiro atoms. The van der Waals surface area contributed by atoms with Crippen molar-refractivity contribution in [3.8, 4) is 0 Å². The Morgan fingerprint density at radius 3 is 2.47 bits per heavy atom. The van der Waals surface area contributed by atoms with Crippen LogP contribution in [0.1, 0.15) is 46.5 Å². The number of carbonyl (C=O) groups excluding carboxylic acids is 1. The van der Waals surface area contributed by atoms with Crippen molar-refractivity contribution in [2.24, 2.45) is 17.8 Å². The molecular formula is C14H24O5. The molecule has 110 valence electrons. The van der Waals surface area contributed by atoms with Crippen molar-refractivity contribution in [1.82, 2.24) is 0 Å². The Morgan fingerprint density at radius 2 is 1.95 bits per heavy atom. The molecule has 5 heteroatoms. The van der Waals surface area contributed by atoms with Crippen molar-refractivity contribution < 1.29 is 24.5 Å². The summed E-state index contributed by atoms with van der Waals surface area (Å²) in [6.07, 6.45) is 0.665. The van der Waals surface area contributed by atoms with Crippen LogP contribution in [-0.2, 0) is 14.3 Å². The van der Waals surface area contributed by atoms with E-state index < -0.39 is 24.5 Å². The third kappa shape index (κ3) is 4.82. The van der Waals surface area contributed by atoms with E-state index in [2.05, 4.69) is 20.8 Å². The molecule has 0 heterocycles. The van der Waals surface area contributed by atoms with E-state index in [-0.39, 0.29) is 6.10 Å². The maximum atomic E-state index is 11.7. The van der Waals surface area contributed by atoms with Crippen molar-refractivity contribution in [2.45, 2.75) is 58.7 Å². The molecule has 4 atom stereocenters. The molecule has 0 aromatic rings. The van der Waals surface area contributed by atoms with Gasteiger partial charge in [0.15, 0.2) is 6.10 Å². The summed E-state index contributed by atoms with van der Waals surface area (Å²) in [4.78, 5) is 22.1. The van der Waals surface area contributed by atoms with E-state index in [4.69, 9.17) is 14.9 Å². The predicted molar refractivity (Wildman–Crippen MR) is 69.5 cm³/mol. The zero-order chi connectivity index (χ0) is 14.6. The van der Waals surface area contributed by atoms with Gasteiger partial charge in [-0.25, -0.2) is 4.79 Å². The minimum Gasteiger partial charge on any atom is -0.479 e. The Labute approximate surface area is 114 Å². The van der Waals surface area contributed by atoms with E-state index in [0.717, 1.165) is 19.3 Å². The second-order valence-electron chi connectivity index (χ2n) is 5.91. The van der Waals surface area contributed by atoms with Gasteiger partial charge in [0.25, 0.3) is 0 Å². The first-order chi connectivity index (χ1) is 8.81. The molecule has 1 saturated carbocycles. The number of carboxylic acids is 1. The summed E-state index contributed by atoms with van der Waals surface area (Å²) in [5.41, 5.74) is 0. The number of carbonyl (C=O) groups is 2. The number of esters is 1. The number of aliphatic hydroxyl groups excluding tert-OH is 1. The van der Waals surface area contributed by atoms with Gasteiger partial charge in [-0.05, 0) is 30.6 Å². The molecule has 1 rings (SSSR count). The van der Waals surface area contributed by atoms with Crippen LogP contribution >= 0.6 is 0 Å². The van der Waals surface area contributed by atoms with E-state index in [1.165, 1.54) is 0 Å². The van der Waals surface area contributed by atoms with Crippen molar-refractivity contribution >= 4 is 11.9 Å². The average molecular weight is 272 g/mol. The summed E-state index contributed by atoms with van der Waals surface area (Å²) >= 11 is 0. The van der Waals surface area contributed by atoms with E-state index >= 15 is 0 Å². The van der Waals surface area contributed by atoms with Crippen LogP contribution in [-0.4, -0.2) is 34.4 Å². The van der Waals surface area contributed by atoms with E-state index in [1.54, 1.807) is 0 Å². The van der Waals surface area contributed by atoms with Gasteiger partial charge in [0, 0.05) is 0 Å². The molecule has 0 saturated heterocycles. The van der Waals surface area contributed by atoms with Gasteiger partial charge in [-0.3, -0.25) is 4.79 Å². The van der Waals surface area contributed by atoms with Gasteiger partial charge in [0.05, 0.1) is 6.42 Å². The Hall–Kier alpha value is -1.10. The smallest absolute Gasteiger partial charge is 0.333 e. The molecule has 1 aliphatic carbocycles. The van der Waals surface area contributed by atoms with Crippen molar-refractivity contribution in [3.63, 3.8) is 0 Å². The van der Waals surface area contributed by atoms with Crippen LogP contribution < -0.4 is 0 Å². The highest BCUT2D eigenvalue weighted by molar-refractivity contribution is 5.80. The van der Waals surface area contributed by atoms with Gasteiger partial charge >= 0.3 is 11.9 Å². The molecule has 1 aliphatic rings. The maximum Gasteiger partial charge on any atom is 0.333 e. The van der Waals surface area contributed by atoms with Crippen LogP contribution in [0, 0.1) is 17.8 Å². The Kier molecular flexibility index (Phi) is 5.79. The molecule has 0 bridgehead atoms. The number of ether oxygens (including phenoxy) is 1. The monoisotopic (exact) mass is 272 g/mol. The van der Waals surface area contributed by atoms with Gasteiger partial charge < -0.3 is 14.9 Å². The fourth-order valence-electron chi connectivity index (χ4n) is 2.71. The summed E-state index contributed by atoms with van der Waals surface area (Å²) < 4.78 is 5.39. The third-order valence-corrected chi connectivity index (χ3v) is 3.89. The second kappa shape index (κ2) is 6.89. The number of hydrogen-bond donors (Lipinski definition) is 2. The number of carboxylic acid groups (broad SMARTS) is 1. The zero-order valence-electron chi connectivity index (χ0n) is 11.8. The lowest BCUT2D eigenvalue weighted by molar-refractivity contribution is -0.163. The normalized spacial score (nSPS) is 29.0. The molecule has 2 N–H and O–H groups in total. The fourth-order valence-corrected chi connectivity index (χ4v) is 2.71. The van der Waals surface area contributed by atoms with Crippen LogP contribution in [0.15, 0.2) is 0 Å². The summed E-state index contributed by atoms with van der Waals surface area (Å²) in [7, 11) is 0. The van der Waals surface area contributed by atoms with Gasteiger partial charge in [0.2, 0.25) is 0 Å². The molecule has 0 aliphatic heterocycles. The van der Waals surface area contributed by atoms with Gasteiger partial charge in [-0.1, -0.05) is 27.2 Å². The lowest BCUT2D eigenvalue weighted by Crippen LogP contribution is -2.37. The van der Waals surface area contributed by atoms with Crippen molar-refractivity contribution in [2.75, 3.05) is 0 Å². The molecule has 0 amide bonds. The molecule has 4 unspecified atom stereocenters. The zero-order valence-corrected chi connectivity index (χ0v) is 11.8. The molecule has 5 nitrogen and oxygen atoms in total. The Bertz CT molecular complexity index is 326. The van der Waals surface area contributed by atoms with E-state index in [9.17, 15) is 9.59 Å². The first kappa shape index (κ1) is 16.0. The maximum absolute atomic E-state index is 11.7. The summed E-state index contributed by atoms with van der Waals surface area (Å²) in [5, 5.41) is 17.7. The SMILES string of the molecule is CC1CCC(C(C)C)C(OC(=O)CC(O)C(=O)O)C1. The van der Waals surface area contributed by atoms with Crippen LogP contribution in [0.3, 0.4) is 0 Å². The number of aliphatic carboxylic acids is 1. The number of aliphatic hydroxyl groups is 1. The molecular weight excluding hydrogens is 248 g/mol. The van der Waals surface area contributed by atoms with Gasteiger partial charge in [0.1, 0.15) is 6.10 Å². The van der Waals surface area contributed by atoms with Gasteiger partial charge in [-0.15, -0.1) is 0 Å². The summed E-state index contributed by atoms with van der Waals surface area (Å²) in [6.45, 7) is 6.34. The van der Waals surface area contributed by atoms with Crippen molar-refractivity contribution in [3.05, 3.63) is 0 Å². The standard InChI is InChI=1S/C14H24O5/c1-8(2)10-5-4-9(3)6-12(10)19-13(16)7-11(15)14(17)18/h8-12,15H,4-7H2,1-3H3,(H,17,18). The number of hydrogen-bond acceptors (Lipinski definition) is 4. The highest BCUT2D eigenvalue weighted by Gasteiger charge is 2.34. The van der Waals surface area contributed by atoms with Crippen molar-refractivity contribution in [1.29, 1.82) is 0 Å². The van der Waals surface area contributed by atoms with Crippen LogP contribution in [0.4, 0.5) is 0 Å². The van der Waals surface area contributed by atoms with Gasteiger partial charge in [-0.2, -0.15) is 0 Å². The Morgan fingerprint density at radius 1 is 1.32 bits per heavy atom. The van der Waals surface area contributed by atoms with Crippen LogP contribution in [0.5, 0.6) is 0 Å². The summed E-state index contributed by atoms with van der Waals surface area (Å²) in [5.74, 6) is -0.761. The molecule has 19 heavy (non-hydrogen) atoms. The highest BCUT2D eigenvalue weighted by atomic mass is 16.5. The second-order valence-corrected chi connectivity index (χ2v) is 5.91. The quantitative estimate of drug-likeness (QED) is 0.746. The predicted octanol–water partition coefficient (Wildman–Crippen LogP) is 1.83. The first-order valence-electron chi connectivity index (χ1n) is 6.91. The molecule has 0 aromatic carbocycles. The fraction of sp³-hybridized carbons (Fsp3) is 0.857. The van der Waals surface area contributed by atoms with Crippen LogP contribution in [0.25, 0.3) is 0 Å². The number of rotatable bonds is 5. The topological polar surface area (TPSA) is 83.8 Å². The third-order valence-electron chi connectivity index (χ3n) is 3.89. The van der Waals surface area contributed by atoms with E-state index in [0.29, 0.717) is 17.8 Å². The van der Waals surface area contributed by atoms with E-state index in [1.807, 2.05) is 0 Å². The lowest BCUT2D eigenvalue weighted by atomic mass is 9.75. The average Bonchev–Trinajstić information content (AvgIpc) is 2.27. The minimum atomic E-state index is -1.67. The first-order valence-corrected chi connectivity index (χ1v) is 6.91.